The minimum Gasteiger partial charge on any atom is -0.496 e. The summed E-state index contributed by atoms with van der Waals surface area (Å²) in [7, 11) is -0.623. The van der Waals surface area contributed by atoms with E-state index in [9.17, 15) is 13.2 Å². The molecule has 0 atom stereocenters. The molecule has 1 amide bonds. The van der Waals surface area contributed by atoms with Crippen LogP contribution in [-0.2, 0) is 21.4 Å². The Morgan fingerprint density at radius 3 is 2.52 bits per heavy atom. The molecule has 0 aliphatic carbocycles. The first-order valence-corrected chi connectivity index (χ1v) is 9.61. The van der Waals surface area contributed by atoms with Crippen LogP contribution in [-0.4, -0.2) is 45.9 Å². The van der Waals surface area contributed by atoms with Gasteiger partial charge in [0, 0.05) is 32.1 Å². The second-order valence-corrected chi connectivity index (χ2v) is 8.78. The van der Waals surface area contributed by atoms with Crippen molar-refractivity contribution >= 4 is 15.9 Å². The number of hydrogen-bond donors (Lipinski definition) is 2. The lowest BCUT2D eigenvalue weighted by atomic mass is 9.94. The maximum Gasteiger partial charge on any atom is 0.242 e. The zero-order chi connectivity index (χ0) is 19.3. The summed E-state index contributed by atoms with van der Waals surface area (Å²) in [5, 5.41) is 2.73. The number of methoxy groups -OCH3 is 1. The lowest BCUT2D eigenvalue weighted by Gasteiger charge is -2.28. The van der Waals surface area contributed by atoms with Crippen molar-refractivity contribution in [3.05, 3.63) is 23.8 Å². The average molecular weight is 372 g/mol. The predicted molar refractivity (Wildman–Crippen MR) is 97.8 cm³/mol. The van der Waals surface area contributed by atoms with Crippen LogP contribution < -0.4 is 15.8 Å². The van der Waals surface area contributed by atoms with Crippen molar-refractivity contribution in [3.63, 3.8) is 0 Å². The third-order valence-electron chi connectivity index (χ3n) is 3.96. The molecule has 0 heterocycles. The molecule has 25 heavy (non-hydrogen) atoms. The summed E-state index contributed by atoms with van der Waals surface area (Å²) in [5.41, 5.74) is 5.98. The molecular weight excluding hydrogens is 342 g/mol. The normalized spacial score (nSPS) is 12.3. The topological polar surface area (TPSA) is 102 Å². The Morgan fingerprint density at radius 2 is 2.00 bits per heavy atom. The molecule has 0 saturated carbocycles. The van der Waals surface area contributed by atoms with Gasteiger partial charge in [0.2, 0.25) is 15.9 Å². The monoisotopic (exact) mass is 371 g/mol. The van der Waals surface area contributed by atoms with Crippen molar-refractivity contribution < 1.29 is 17.9 Å². The van der Waals surface area contributed by atoms with Crippen molar-refractivity contribution in [2.24, 2.45) is 11.1 Å². The fourth-order valence-corrected chi connectivity index (χ4v) is 3.72. The number of hydrogen-bond acceptors (Lipinski definition) is 5. The van der Waals surface area contributed by atoms with Crippen molar-refractivity contribution in [2.75, 3.05) is 27.2 Å². The van der Waals surface area contributed by atoms with Crippen LogP contribution in [0.15, 0.2) is 23.1 Å². The summed E-state index contributed by atoms with van der Waals surface area (Å²) in [6, 6.07) is 4.64. The Labute approximate surface area is 150 Å². The van der Waals surface area contributed by atoms with Gasteiger partial charge < -0.3 is 15.8 Å². The molecule has 0 aliphatic rings. The van der Waals surface area contributed by atoms with Crippen molar-refractivity contribution in [1.29, 1.82) is 0 Å². The standard InChI is InChI=1S/C17H29N3O4S/c1-6-16(21)19-10-13-9-14(7-8-15(13)24-5)25(22,23)20(4)12-17(2,3)11-18/h7-9H,6,10-12,18H2,1-5H3,(H,19,21). The first-order chi connectivity index (χ1) is 11.6. The van der Waals surface area contributed by atoms with Gasteiger partial charge in [0.05, 0.1) is 12.0 Å². The molecule has 7 nitrogen and oxygen atoms in total. The molecule has 0 saturated heterocycles. The summed E-state index contributed by atoms with van der Waals surface area (Å²) < 4.78 is 32.2. The van der Waals surface area contributed by atoms with Crippen LogP contribution in [0.25, 0.3) is 0 Å². The van der Waals surface area contributed by atoms with E-state index in [1.807, 2.05) is 13.8 Å². The van der Waals surface area contributed by atoms with Crippen LogP contribution in [0.5, 0.6) is 5.75 Å². The maximum absolute atomic E-state index is 12.8. The van der Waals surface area contributed by atoms with Crippen LogP contribution in [0.2, 0.25) is 0 Å². The zero-order valence-corrected chi connectivity index (χ0v) is 16.4. The number of nitrogens with one attached hydrogen (secondary N) is 1. The van der Waals surface area contributed by atoms with E-state index in [0.717, 1.165) is 0 Å². The van der Waals surface area contributed by atoms with Crippen molar-refractivity contribution in [2.45, 2.75) is 38.6 Å². The van der Waals surface area contributed by atoms with Crippen LogP contribution in [0.4, 0.5) is 0 Å². The molecule has 0 aliphatic heterocycles. The number of nitrogens with zero attached hydrogens (tertiary/aromatic N) is 1. The Kier molecular flexibility index (Phi) is 7.40. The number of carbonyl (C=O) groups excluding carboxylic acids is 1. The summed E-state index contributed by atoms with van der Waals surface area (Å²) in [6.45, 7) is 6.47. The molecule has 1 rings (SSSR count). The van der Waals surface area contributed by atoms with E-state index in [1.165, 1.54) is 30.6 Å². The third-order valence-corrected chi connectivity index (χ3v) is 5.76. The predicted octanol–water partition coefficient (Wildman–Crippen LogP) is 1.33. The number of rotatable bonds is 9. The molecule has 0 spiro atoms. The summed E-state index contributed by atoms with van der Waals surface area (Å²) in [5.74, 6) is 0.414. The van der Waals surface area contributed by atoms with Gasteiger partial charge in [-0.2, -0.15) is 0 Å². The Bertz CT molecular complexity index is 702. The Balaban J connectivity index is 3.12. The van der Waals surface area contributed by atoms with E-state index in [4.69, 9.17) is 10.5 Å². The summed E-state index contributed by atoms with van der Waals surface area (Å²) >= 11 is 0. The van der Waals surface area contributed by atoms with Gasteiger partial charge in [-0.3, -0.25) is 4.79 Å². The highest BCUT2D eigenvalue weighted by Gasteiger charge is 2.27. The fraction of sp³-hybridized carbons (Fsp3) is 0.588. The van der Waals surface area contributed by atoms with Crippen LogP contribution >= 0.6 is 0 Å². The third kappa shape index (κ3) is 5.69. The smallest absolute Gasteiger partial charge is 0.242 e. The lowest BCUT2D eigenvalue weighted by molar-refractivity contribution is -0.120. The second-order valence-electron chi connectivity index (χ2n) is 6.73. The van der Waals surface area contributed by atoms with Gasteiger partial charge in [0.25, 0.3) is 0 Å². The van der Waals surface area contributed by atoms with E-state index >= 15 is 0 Å². The number of amides is 1. The minimum atomic E-state index is -3.66. The quantitative estimate of drug-likeness (QED) is 0.682. The van der Waals surface area contributed by atoms with Gasteiger partial charge in [-0.05, 0) is 30.2 Å². The molecular formula is C17H29N3O4S. The number of carbonyl (C=O) groups is 1. The Hall–Kier alpha value is -1.64. The lowest BCUT2D eigenvalue weighted by Crippen LogP contribution is -2.39. The molecule has 0 aromatic heterocycles. The molecule has 3 N–H and O–H groups in total. The molecule has 0 unspecified atom stereocenters. The van der Waals surface area contributed by atoms with Gasteiger partial charge in [-0.1, -0.05) is 20.8 Å². The number of nitrogens with two attached hydrogens (primary N) is 1. The number of ether oxygens (including phenoxy) is 1. The van der Waals surface area contributed by atoms with E-state index in [0.29, 0.717) is 30.8 Å². The first kappa shape index (κ1) is 21.4. The van der Waals surface area contributed by atoms with Gasteiger partial charge >= 0.3 is 0 Å². The molecule has 1 aromatic rings. The molecule has 0 radical (unpaired) electrons. The molecule has 142 valence electrons. The largest absolute Gasteiger partial charge is 0.496 e. The van der Waals surface area contributed by atoms with Gasteiger partial charge in [0.1, 0.15) is 5.75 Å². The second kappa shape index (κ2) is 8.64. The van der Waals surface area contributed by atoms with Crippen molar-refractivity contribution in [3.8, 4) is 5.75 Å². The van der Waals surface area contributed by atoms with E-state index < -0.39 is 10.0 Å². The number of sulfonamides is 1. The first-order valence-electron chi connectivity index (χ1n) is 8.17. The SMILES string of the molecule is CCC(=O)NCc1cc(S(=O)(=O)N(C)CC(C)(C)CN)ccc1OC. The van der Waals surface area contributed by atoms with Gasteiger partial charge in [0.15, 0.2) is 0 Å². The average Bonchev–Trinajstić information content (AvgIpc) is 2.58. The maximum atomic E-state index is 12.8. The van der Waals surface area contributed by atoms with Crippen LogP contribution in [0.3, 0.4) is 0 Å². The molecule has 0 fully saturated rings. The number of benzene rings is 1. The highest BCUT2D eigenvalue weighted by atomic mass is 32.2. The van der Waals surface area contributed by atoms with E-state index in [2.05, 4.69) is 5.32 Å². The van der Waals surface area contributed by atoms with Gasteiger partial charge in [-0.15, -0.1) is 0 Å². The zero-order valence-electron chi connectivity index (χ0n) is 15.6. The summed E-state index contributed by atoms with van der Waals surface area (Å²) in [4.78, 5) is 11.6. The molecule has 0 bridgehead atoms. The van der Waals surface area contributed by atoms with Gasteiger partial charge in [-0.25, -0.2) is 12.7 Å². The molecule has 8 heteroatoms. The molecule has 1 aromatic carbocycles. The van der Waals surface area contributed by atoms with Crippen molar-refractivity contribution in [1.82, 2.24) is 9.62 Å². The van der Waals surface area contributed by atoms with E-state index in [1.54, 1.807) is 13.0 Å². The van der Waals surface area contributed by atoms with Crippen LogP contribution in [0, 0.1) is 5.41 Å². The fourth-order valence-electron chi connectivity index (χ4n) is 2.30. The highest BCUT2D eigenvalue weighted by Crippen LogP contribution is 2.26. The highest BCUT2D eigenvalue weighted by molar-refractivity contribution is 7.89. The minimum absolute atomic E-state index is 0.114. The van der Waals surface area contributed by atoms with Crippen LogP contribution in [0.1, 0.15) is 32.8 Å². The Morgan fingerprint density at radius 1 is 1.36 bits per heavy atom. The van der Waals surface area contributed by atoms with E-state index in [-0.39, 0.29) is 22.8 Å². The summed E-state index contributed by atoms with van der Waals surface area (Å²) in [6.07, 6.45) is 0.358.